The van der Waals surface area contributed by atoms with Crippen molar-refractivity contribution < 1.29 is 23.6 Å². The van der Waals surface area contributed by atoms with E-state index in [1.807, 2.05) is 19.1 Å². The maximum atomic E-state index is 12.6. The Morgan fingerprint density at radius 3 is 2.39 bits per heavy atom. The van der Waals surface area contributed by atoms with Crippen molar-refractivity contribution in [1.82, 2.24) is 0 Å². The third-order valence-electron chi connectivity index (χ3n) is 4.98. The van der Waals surface area contributed by atoms with E-state index >= 15 is 0 Å². The third-order valence-corrected chi connectivity index (χ3v) is 5.70. The number of phenols is 1. The number of aromatic hydroxyl groups is 1. The largest absolute Gasteiger partial charge is 0.506 e. The van der Waals surface area contributed by atoms with Crippen LogP contribution in [0.4, 0.5) is 20.2 Å². The number of piperazine rings is 1. The molecule has 1 saturated heterocycles. The summed E-state index contributed by atoms with van der Waals surface area (Å²) in [5, 5.41) is 12.9. The zero-order valence-electron chi connectivity index (χ0n) is 15.6. The highest BCUT2D eigenvalue weighted by atomic mass is 32.2. The van der Waals surface area contributed by atoms with Gasteiger partial charge in [0.2, 0.25) is 0 Å². The number of anilines is 2. The smallest absolute Gasteiger partial charge is 0.288 e. The summed E-state index contributed by atoms with van der Waals surface area (Å²) in [6.45, 7) is 4.97. The summed E-state index contributed by atoms with van der Waals surface area (Å²) in [4.78, 5) is 16.3. The summed E-state index contributed by atoms with van der Waals surface area (Å²) in [6.07, 6.45) is 0. The minimum atomic E-state index is -2.46. The highest BCUT2D eigenvalue weighted by molar-refractivity contribution is 7.99. The molecule has 0 unspecified atom stereocenters. The molecule has 1 heterocycles. The van der Waals surface area contributed by atoms with Gasteiger partial charge in [-0.1, -0.05) is 23.9 Å². The van der Waals surface area contributed by atoms with Gasteiger partial charge in [-0.2, -0.15) is 8.78 Å². The van der Waals surface area contributed by atoms with Crippen LogP contribution in [0.5, 0.6) is 5.75 Å². The topological polar surface area (TPSA) is 57.0 Å². The van der Waals surface area contributed by atoms with Crippen LogP contribution in [0.15, 0.2) is 53.4 Å². The Hall–Kier alpha value is -2.32. The number of para-hydroxylation sites is 2. The number of quaternary nitrogens is 1. The quantitative estimate of drug-likeness (QED) is 0.643. The Labute approximate surface area is 167 Å². The lowest BCUT2D eigenvalue weighted by Gasteiger charge is -2.36. The number of halogens is 2. The Kier molecular flexibility index (Phi) is 6.74. The Balaban J connectivity index is 1.52. The maximum Gasteiger partial charge on any atom is 0.288 e. The zero-order valence-corrected chi connectivity index (χ0v) is 16.4. The first-order chi connectivity index (χ1) is 13.4. The number of hydrogen-bond donors (Lipinski definition) is 3. The van der Waals surface area contributed by atoms with Gasteiger partial charge in [0.05, 0.1) is 31.9 Å². The van der Waals surface area contributed by atoms with Crippen molar-refractivity contribution in [1.29, 1.82) is 0 Å². The van der Waals surface area contributed by atoms with E-state index < -0.39 is 5.76 Å². The van der Waals surface area contributed by atoms with E-state index in [0.717, 1.165) is 31.9 Å². The predicted octanol–water partition coefficient (Wildman–Crippen LogP) is 2.44. The van der Waals surface area contributed by atoms with Crippen LogP contribution >= 0.6 is 11.8 Å². The van der Waals surface area contributed by atoms with Crippen LogP contribution < -0.4 is 15.1 Å². The monoisotopic (exact) mass is 408 g/mol. The molecule has 0 saturated carbocycles. The molecule has 0 aromatic heterocycles. The molecular weight excluding hydrogens is 384 g/mol. The fourth-order valence-corrected chi connectivity index (χ4v) is 3.85. The predicted molar refractivity (Wildman–Crippen MR) is 107 cm³/mol. The maximum absolute atomic E-state index is 12.6. The molecule has 2 aromatic rings. The summed E-state index contributed by atoms with van der Waals surface area (Å²) in [5.41, 5.74) is 1.42. The minimum Gasteiger partial charge on any atom is -0.506 e. The number of nitrogens with one attached hydrogen (secondary N) is 2. The van der Waals surface area contributed by atoms with Gasteiger partial charge < -0.3 is 20.2 Å². The third kappa shape index (κ3) is 5.14. The van der Waals surface area contributed by atoms with Crippen molar-refractivity contribution in [3.63, 3.8) is 0 Å². The molecule has 1 atom stereocenters. The van der Waals surface area contributed by atoms with Gasteiger partial charge >= 0.3 is 0 Å². The lowest BCUT2D eigenvalue weighted by atomic mass is 10.2. The molecule has 150 valence electrons. The molecule has 1 amide bonds. The number of alkyl halides is 2. The summed E-state index contributed by atoms with van der Waals surface area (Å²) >= 11 is 0.482. The van der Waals surface area contributed by atoms with E-state index in [9.17, 15) is 18.7 Å². The standard InChI is InChI=1S/C20H23F2N3O2S/c1-14(19(27)23-15-6-8-16(9-7-15)28-20(21)22)24-10-12-25(13-11-24)17-4-2-3-5-18(17)26/h2-9,14,20,26H,10-13H2,1H3,(H,23,27)/p+1/t14-/m1/s1. The normalized spacial score (nSPS) is 16.2. The molecule has 0 aliphatic carbocycles. The van der Waals surface area contributed by atoms with Crippen LogP contribution in [0.1, 0.15) is 6.92 Å². The number of nitrogens with zero attached hydrogens (tertiary/aromatic N) is 1. The van der Waals surface area contributed by atoms with Crippen LogP contribution in [0, 0.1) is 0 Å². The second kappa shape index (κ2) is 9.25. The van der Waals surface area contributed by atoms with Crippen LogP contribution in [-0.2, 0) is 4.79 Å². The molecule has 1 aliphatic rings. The number of hydrogen-bond acceptors (Lipinski definition) is 4. The van der Waals surface area contributed by atoms with Gasteiger partial charge in [-0.3, -0.25) is 4.79 Å². The average molecular weight is 408 g/mol. The number of carbonyl (C=O) groups excluding carboxylic acids is 1. The van der Waals surface area contributed by atoms with Crippen LogP contribution in [0.3, 0.4) is 0 Å². The zero-order chi connectivity index (χ0) is 20.1. The van der Waals surface area contributed by atoms with E-state index in [1.54, 1.807) is 36.4 Å². The first-order valence-electron chi connectivity index (χ1n) is 9.17. The molecule has 1 aliphatic heterocycles. The molecule has 0 radical (unpaired) electrons. The molecule has 0 bridgehead atoms. The summed E-state index contributed by atoms with van der Waals surface area (Å²) in [6, 6.07) is 13.5. The molecule has 2 aromatic carbocycles. The van der Waals surface area contributed by atoms with Crippen molar-refractivity contribution in [2.75, 3.05) is 36.4 Å². The second-order valence-electron chi connectivity index (χ2n) is 6.75. The Bertz CT molecular complexity index is 796. The molecule has 0 spiro atoms. The van der Waals surface area contributed by atoms with Gasteiger partial charge in [-0.15, -0.1) is 0 Å². The lowest BCUT2D eigenvalue weighted by Crippen LogP contribution is -3.19. The average Bonchev–Trinajstić information content (AvgIpc) is 2.69. The van der Waals surface area contributed by atoms with Gasteiger partial charge in [0.1, 0.15) is 5.75 Å². The fourth-order valence-electron chi connectivity index (χ4n) is 3.36. The SMILES string of the molecule is C[C@H](C(=O)Nc1ccc(SC(F)F)cc1)[NH+]1CCN(c2ccccc2O)CC1. The number of amides is 1. The van der Waals surface area contributed by atoms with E-state index in [2.05, 4.69) is 10.2 Å². The molecule has 8 heteroatoms. The van der Waals surface area contributed by atoms with Crippen molar-refractivity contribution in [3.05, 3.63) is 48.5 Å². The highest BCUT2D eigenvalue weighted by Gasteiger charge is 2.29. The van der Waals surface area contributed by atoms with Crippen LogP contribution in [0.25, 0.3) is 0 Å². The first kappa shape index (κ1) is 20.4. The van der Waals surface area contributed by atoms with Gasteiger partial charge in [-0.25, -0.2) is 0 Å². The Morgan fingerprint density at radius 1 is 1.14 bits per heavy atom. The lowest BCUT2D eigenvalue weighted by molar-refractivity contribution is -0.914. The van der Waals surface area contributed by atoms with E-state index in [-0.39, 0.29) is 17.7 Å². The summed E-state index contributed by atoms with van der Waals surface area (Å²) in [7, 11) is 0. The van der Waals surface area contributed by atoms with Gasteiger partial charge in [0, 0.05) is 10.6 Å². The van der Waals surface area contributed by atoms with E-state index in [1.165, 1.54) is 4.90 Å². The molecule has 3 N–H and O–H groups in total. The van der Waals surface area contributed by atoms with Gasteiger partial charge in [0.15, 0.2) is 6.04 Å². The number of carbonyl (C=O) groups is 1. The number of phenolic OH excluding ortho intramolecular Hbond substituents is 1. The van der Waals surface area contributed by atoms with Crippen molar-refractivity contribution in [3.8, 4) is 5.75 Å². The number of benzene rings is 2. The molecule has 28 heavy (non-hydrogen) atoms. The Morgan fingerprint density at radius 2 is 1.79 bits per heavy atom. The number of rotatable bonds is 6. The van der Waals surface area contributed by atoms with Crippen molar-refractivity contribution in [2.45, 2.75) is 23.6 Å². The molecular formula is C20H24F2N3O2S+. The van der Waals surface area contributed by atoms with Crippen molar-refractivity contribution in [2.24, 2.45) is 0 Å². The highest BCUT2D eigenvalue weighted by Crippen LogP contribution is 2.27. The number of thioether (sulfide) groups is 1. The fraction of sp³-hybridized carbons (Fsp3) is 0.350. The van der Waals surface area contributed by atoms with Crippen LogP contribution in [0.2, 0.25) is 0 Å². The summed E-state index contributed by atoms with van der Waals surface area (Å²) in [5.74, 6) is -2.29. The van der Waals surface area contributed by atoms with Crippen molar-refractivity contribution >= 4 is 29.0 Å². The van der Waals surface area contributed by atoms with E-state index in [4.69, 9.17) is 0 Å². The first-order valence-corrected chi connectivity index (χ1v) is 10.1. The summed E-state index contributed by atoms with van der Waals surface area (Å²) < 4.78 is 24.7. The van der Waals surface area contributed by atoms with E-state index in [0.29, 0.717) is 22.3 Å². The molecule has 1 fully saturated rings. The molecule has 5 nitrogen and oxygen atoms in total. The second-order valence-corrected chi connectivity index (χ2v) is 7.81. The minimum absolute atomic E-state index is 0.0970. The van der Waals surface area contributed by atoms with Crippen LogP contribution in [-0.4, -0.2) is 49.0 Å². The molecule has 3 rings (SSSR count). The van der Waals surface area contributed by atoms with Gasteiger partial charge in [0.25, 0.3) is 11.7 Å². The van der Waals surface area contributed by atoms with Gasteiger partial charge in [-0.05, 0) is 43.3 Å².